The molecule has 0 aliphatic carbocycles. The van der Waals surface area contributed by atoms with Crippen LogP contribution in [-0.2, 0) is 0 Å². The average Bonchev–Trinajstić information content (AvgIpc) is 2.55. The predicted octanol–water partition coefficient (Wildman–Crippen LogP) is -0.836. The Kier molecular flexibility index (Phi) is 2.59. The fourth-order valence-electron chi connectivity index (χ4n) is 1.66. The van der Waals surface area contributed by atoms with Crippen molar-refractivity contribution in [2.24, 2.45) is 16.6 Å². The SMILES string of the molecule is Cc1[nH]c2ccccc2c1/C=[NH+]/N=C(N)N. The molecular formula is C11H14N5+. The molecule has 0 aliphatic rings. The van der Waals surface area contributed by atoms with E-state index in [1.165, 1.54) is 0 Å². The lowest BCUT2D eigenvalue weighted by atomic mass is 10.1. The van der Waals surface area contributed by atoms with Gasteiger partial charge in [0.15, 0.2) is 0 Å². The first-order valence-corrected chi connectivity index (χ1v) is 4.93. The third-order valence-corrected chi connectivity index (χ3v) is 2.35. The van der Waals surface area contributed by atoms with Crippen LogP contribution in [0.2, 0.25) is 0 Å². The number of para-hydroxylation sites is 1. The molecule has 5 nitrogen and oxygen atoms in total. The molecule has 0 unspecified atom stereocenters. The molecule has 2 aromatic rings. The maximum atomic E-state index is 5.22. The number of aromatic nitrogens is 1. The standard InChI is InChI=1S/C11H13N5/c1-7-9(6-14-16-11(12)13)8-4-2-3-5-10(8)15-7/h2-6,15H,1H3,(H4,12,13,16)/p+1/b14-6+. The number of H-pyrrole nitrogens is 1. The number of benzene rings is 1. The highest BCUT2D eigenvalue weighted by Crippen LogP contribution is 2.18. The fourth-order valence-corrected chi connectivity index (χ4v) is 1.66. The zero-order valence-electron chi connectivity index (χ0n) is 8.99. The van der Waals surface area contributed by atoms with Crippen molar-refractivity contribution >= 4 is 23.1 Å². The number of hydrazone groups is 1. The van der Waals surface area contributed by atoms with Crippen molar-refractivity contribution in [3.05, 3.63) is 35.5 Å². The normalized spacial score (nSPS) is 11.1. The zero-order valence-corrected chi connectivity index (χ0v) is 8.99. The summed E-state index contributed by atoms with van der Waals surface area (Å²) in [5.74, 6) is 0.00810. The second-order valence-corrected chi connectivity index (χ2v) is 3.52. The van der Waals surface area contributed by atoms with Gasteiger partial charge >= 0.3 is 0 Å². The Bertz CT molecular complexity index is 561. The van der Waals surface area contributed by atoms with E-state index < -0.39 is 0 Å². The maximum Gasteiger partial charge on any atom is 0.256 e. The minimum absolute atomic E-state index is 0.00810. The number of fused-ring (bicyclic) bond motifs is 1. The molecule has 0 spiro atoms. The number of guanidine groups is 1. The minimum Gasteiger partial charge on any atom is -0.365 e. The van der Waals surface area contributed by atoms with Gasteiger partial charge in [-0.05, 0) is 13.0 Å². The van der Waals surface area contributed by atoms with E-state index >= 15 is 0 Å². The molecule has 5 heteroatoms. The van der Waals surface area contributed by atoms with Crippen molar-refractivity contribution in [1.82, 2.24) is 4.98 Å². The van der Waals surface area contributed by atoms with Gasteiger partial charge in [0.1, 0.15) is 0 Å². The number of nitrogens with one attached hydrogen (secondary N) is 2. The van der Waals surface area contributed by atoms with Crippen LogP contribution in [0.1, 0.15) is 11.3 Å². The fraction of sp³-hybridized carbons (Fsp3) is 0.0909. The third kappa shape index (κ3) is 1.88. The topological polar surface area (TPSA) is 94.2 Å². The van der Waals surface area contributed by atoms with Gasteiger partial charge in [-0.1, -0.05) is 18.2 Å². The van der Waals surface area contributed by atoms with Crippen LogP contribution in [0, 0.1) is 6.92 Å². The molecule has 0 amide bonds. The van der Waals surface area contributed by atoms with Gasteiger partial charge in [0.05, 0.1) is 5.56 Å². The predicted molar refractivity (Wildman–Crippen MR) is 65.0 cm³/mol. The quantitative estimate of drug-likeness (QED) is 0.299. The van der Waals surface area contributed by atoms with Crippen molar-refractivity contribution in [3.8, 4) is 0 Å². The molecule has 0 saturated carbocycles. The third-order valence-electron chi connectivity index (χ3n) is 2.35. The van der Waals surface area contributed by atoms with Crippen LogP contribution in [0.25, 0.3) is 10.9 Å². The second kappa shape index (κ2) is 4.06. The Morgan fingerprint density at radius 1 is 1.38 bits per heavy atom. The lowest BCUT2D eigenvalue weighted by molar-refractivity contribution is -0.456. The lowest BCUT2D eigenvalue weighted by Crippen LogP contribution is -2.63. The first-order chi connectivity index (χ1) is 7.68. The molecule has 16 heavy (non-hydrogen) atoms. The molecule has 2 rings (SSSR count). The number of rotatable bonds is 2. The van der Waals surface area contributed by atoms with Crippen LogP contribution in [-0.4, -0.2) is 17.2 Å². The number of hydrogen-bond acceptors (Lipinski definition) is 1. The van der Waals surface area contributed by atoms with Crippen LogP contribution in [0.4, 0.5) is 0 Å². The first-order valence-electron chi connectivity index (χ1n) is 4.93. The molecular weight excluding hydrogens is 202 g/mol. The molecule has 0 atom stereocenters. The summed E-state index contributed by atoms with van der Waals surface area (Å²) in [4.78, 5) is 3.28. The maximum absolute atomic E-state index is 5.22. The van der Waals surface area contributed by atoms with Crippen LogP contribution in [0.3, 0.4) is 0 Å². The van der Waals surface area contributed by atoms with Crippen LogP contribution < -0.4 is 16.6 Å². The molecule has 0 radical (unpaired) electrons. The van der Waals surface area contributed by atoms with Gasteiger partial charge < -0.3 is 16.5 Å². The second-order valence-electron chi connectivity index (χ2n) is 3.52. The van der Waals surface area contributed by atoms with Crippen molar-refractivity contribution < 1.29 is 5.10 Å². The van der Waals surface area contributed by atoms with E-state index in [4.69, 9.17) is 11.5 Å². The Balaban J connectivity index is 2.47. The van der Waals surface area contributed by atoms with E-state index in [0.717, 1.165) is 22.2 Å². The highest BCUT2D eigenvalue weighted by atomic mass is 15.3. The molecule has 0 aliphatic heterocycles. The Labute approximate surface area is 92.9 Å². The number of aryl methyl sites for hydroxylation is 1. The number of hydrogen-bond donors (Lipinski definition) is 4. The molecule has 1 aromatic heterocycles. The van der Waals surface area contributed by atoms with Crippen LogP contribution >= 0.6 is 0 Å². The Morgan fingerprint density at radius 2 is 2.12 bits per heavy atom. The number of aromatic amines is 1. The zero-order chi connectivity index (χ0) is 11.5. The molecule has 0 bridgehead atoms. The van der Waals surface area contributed by atoms with Gasteiger partial charge in [0, 0.05) is 21.7 Å². The van der Waals surface area contributed by atoms with Gasteiger partial charge in [0.25, 0.3) is 5.96 Å². The highest BCUT2D eigenvalue weighted by Gasteiger charge is 2.07. The van der Waals surface area contributed by atoms with Gasteiger partial charge in [-0.15, -0.1) is 5.10 Å². The van der Waals surface area contributed by atoms with Crippen molar-refractivity contribution in [2.75, 3.05) is 0 Å². The van der Waals surface area contributed by atoms with E-state index in [2.05, 4.69) is 15.2 Å². The van der Waals surface area contributed by atoms with E-state index in [9.17, 15) is 0 Å². The number of nitrogens with two attached hydrogens (primary N) is 2. The van der Waals surface area contributed by atoms with Gasteiger partial charge in [-0.3, -0.25) is 0 Å². The molecule has 0 saturated heterocycles. The minimum atomic E-state index is 0.00810. The summed E-state index contributed by atoms with van der Waals surface area (Å²) in [7, 11) is 0. The van der Waals surface area contributed by atoms with Crippen LogP contribution in [0.5, 0.6) is 0 Å². The summed E-state index contributed by atoms with van der Waals surface area (Å²) in [6, 6.07) is 8.06. The Morgan fingerprint density at radius 3 is 2.88 bits per heavy atom. The summed E-state index contributed by atoms with van der Waals surface area (Å²) >= 11 is 0. The van der Waals surface area contributed by atoms with Gasteiger partial charge in [0.2, 0.25) is 6.21 Å². The van der Waals surface area contributed by atoms with Gasteiger partial charge in [-0.25, -0.2) is 0 Å². The van der Waals surface area contributed by atoms with E-state index in [0.29, 0.717) is 0 Å². The van der Waals surface area contributed by atoms with Crippen molar-refractivity contribution in [2.45, 2.75) is 6.92 Å². The monoisotopic (exact) mass is 216 g/mol. The van der Waals surface area contributed by atoms with Crippen molar-refractivity contribution in [3.63, 3.8) is 0 Å². The molecule has 1 aromatic carbocycles. The summed E-state index contributed by atoms with van der Waals surface area (Å²) in [6.45, 7) is 2.00. The molecule has 1 heterocycles. The van der Waals surface area contributed by atoms with E-state index in [1.54, 1.807) is 6.21 Å². The average molecular weight is 216 g/mol. The first kappa shape index (κ1) is 10.2. The lowest BCUT2D eigenvalue weighted by Gasteiger charge is -1.87. The van der Waals surface area contributed by atoms with E-state index in [1.807, 2.05) is 31.2 Å². The number of nitrogens with zero attached hydrogens (tertiary/aromatic N) is 1. The van der Waals surface area contributed by atoms with Gasteiger partial charge in [-0.2, -0.15) is 0 Å². The van der Waals surface area contributed by atoms with Crippen molar-refractivity contribution in [1.29, 1.82) is 0 Å². The summed E-state index contributed by atoms with van der Waals surface area (Å²) < 4.78 is 0. The summed E-state index contributed by atoms with van der Waals surface area (Å²) in [5.41, 5.74) is 13.7. The largest absolute Gasteiger partial charge is 0.365 e. The highest BCUT2D eigenvalue weighted by molar-refractivity contribution is 5.98. The summed E-state index contributed by atoms with van der Waals surface area (Å²) in [6.07, 6.45) is 1.77. The molecule has 0 fully saturated rings. The van der Waals surface area contributed by atoms with E-state index in [-0.39, 0.29) is 5.96 Å². The van der Waals surface area contributed by atoms with Crippen LogP contribution in [0.15, 0.2) is 29.4 Å². The molecule has 6 N–H and O–H groups in total. The smallest absolute Gasteiger partial charge is 0.256 e. The molecule has 82 valence electrons. The Hall–Kier alpha value is -2.30. The summed E-state index contributed by atoms with van der Waals surface area (Å²) in [5, 5.41) is 7.55.